The maximum Gasteiger partial charge on any atom is 0.255 e. The molecule has 3 aliphatic rings. The van der Waals surface area contributed by atoms with E-state index in [0.29, 0.717) is 30.9 Å². The number of piperidine rings is 2. The Morgan fingerprint density at radius 2 is 1.85 bits per heavy atom. The zero-order valence-electron chi connectivity index (χ0n) is 19.0. The van der Waals surface area contributed by atoms with E-state index >= 15 is 0 Å². The van der Waals surface area contributed by atoms with Gasteiger partial charge >= 0.3 is 0 Å². The number of ether oxygens (including phenoxy) is 1. The van der Waals surface area contributed by atoms with Crippen LogP contribution in [0.5, 0.6) is 11.5 Å². The van der Waals surface area contributed by atoms with Crippen molar-refractivity contribution >= 4 is 17.7 Å². The Bertz CT molecular complexity index is 1100. The van der Waals surface area contributed by atoms with E-state index in [0.717, 1.165) is 37.1 Å². The van der Waals surface area contributed by atoms with Crippen LogP contribution in [0.25, 0.3) is 0 Å². The van der Waals surface area contributed by atoms with E-state index in [1.807, 2.05) is 24.3 Å². The molecular weight excluding hydrogens is 434 g/mol. The molecule has 2 saturated heterocycles. The predicted octanol–water partition coefficient (Wildman–Crippen LogP) is 2.59. The monoisotopic (exact) mass is 463 g/mol. The van der Waals surface area contributed by atoms with Gasteiger partial charge < -0.3 is 14.7 Å². The molecule has 1 unspecified atom stereocenters. The van der Waals surface area contributed by atoms with Crippen LogP contribution in [-0.4, -0.2) is 57.9 Å². The van der Waals surface area contributed by atoms with Crippen LogP contribution in [0.15, 0.2) is 42.5 Å². The summed E-state index contributed by atoms with van der Waals surface area (Å²) in [6.45, 7) is 2.72. The fraction of sp³-hybridized carbons (Fsp3) is 0.423. The molecule has 34 heavy (non-hydrogen) atoms. The summed E-state index contributed by atoms with van der Waals surface area (Å²) >= 11 is 0. The first-order valence-electron chi connectivity index (χ1n) is 11.9. The number of hydrogen-bond donors (Lipinski definition) is 2. The fourth-order valence-electron chi connectivity index (χ4n) is 5.13. The fourth-order valence-corrected chi connectivity index (χ4v) is 5.13. The van der Waals surface area contributed by atoms with Crippen LogP contribution in [0.4, 0.5) is 0 Å². The molecule has 0 aromatic heterocycles. The normalized spacial score (nSPS) is 23.1. The number of amides is 3. The highest BCUT2D eigenvalue weighted by molar-refractivity contribution is 6.05. The average molecular weight is 464 g/mol. The molecule has 0 bridgehead atoms. The minimum absolute atomic E-state index is 0.177. The van der Waals surface area contributed by atoms with Crippen LogP contribution in [0.2, 0.25) is 0 Å². The summed E-state index contributed by atoms with van der Waals surface area (Å²) in [7, 11) is 0. The van der Waals surface area contributed by atoms with E-state index in [2.05, 4.69) is 10.2 Å². The topological polar surface area (TPSA) is 99.2 Å². The van der Waals surface area contributed by atoms with Gasteiger partial charge in [-0.1, -0.05) is 18.6 Å². The van der Waals surface area contributed by atoms with E-state index in [1.165, 1.54) is 6.42 Å². The highest BCUT2D eigenvalue weighted by atomic mass is 16.5. The van der Waals surface area contributed by atoms with Crippen LogP contribution in [0, 0.1) is 0 Å². The molecule has 8 heteroatoms. The highest BCUT2D eigenvalue weighted by Gasteiger charge is 2.39. The van der Waals surface area contributed by atoms with E-state index in [9.17, 15) is 19.5 Å². The summed E-state index contributed by atoms with van der Waals surface area (Å²) in [6, 6.07) is 12.5. The number of phenolic OH excluding ortho intramolecular Hbond substituents is 1. The summed E-state index contributed by atoms with van der Waals surface area (Å²) in [5.41, 5.74) is 2.59. The van der Waals surface area contributed by atoms with Crippen LogP contribution in [0.1, 0.15) is 53.6 Å². The number of imide groups is 1. The van der Waals surface area contributed by atoms with Gasteiger partial charge in [0.2, 0.25) is 11.8 Å². The van der Waals surface area contributed by atoms with E-state index in [4.69, 9.17) is 4.74 Å². The first-order valence-corrected chi connectivity index (χ1v) is 11.9. The summed E-state index contributed by atoms with van der Waals surface area (Å²) < 4.78 is 6.17. The number of benzene rings is 2. The Morgan fingerprint density at radius 1 is 1.03 bits per heavy atom. The number of hydrogen-bond acceptors (Lipinski definition) is 6. The van der Waals surface area contributed by atoms with Crippen molar-refractivity contribution in [1.29, 1.82) is 0 Å². The molecule has 2 atom stereocenters. The number of carbonyl (C=O) groups is 3. The SMILES string of the molecule is O=C1CCC(N2Cc3cc(OC[C@H]4CCCCN4Cc4ccc(O)cc4)ccc3C2=O)C(=O)N1. The molecule has 3 heterocycles. The van der Waals surface area contributed by atoms with Gasteiger partial charge in [-0.15, -0.1) is 0 Å². The number of aromatic hydroxyl groups is 1. The summed E-state index contributed by atoms with van der Waals surface area (Å²) in [5.74, 6) is 0.118. The molecule has 5 rings (SSSR count). The number of fused-ring (bicyclic) bond motifs is 1. The number of carbonyl (C=O) groups excluding carboxylic acids is 3. The second-order valence-electron chi connectivity index (χ2n) is 9.32. The molecule has 8 nitrogen and oxygen atoms in total. The van der Waals surface area contributed by atoms with Crippen LogP contribution in [0.3, 0.4) is 0 Å². The zero-order chi connectivity index (χ0) is 23.7. The number of likely N-dealkylation sites (tertiary alicyclic amines) is 1. The van der Waals surface area contributed by atoms with Gasteiger partial charge in [-0.05, 0) is 67.3 Å². The van der Waals surface area contributed by atoms with Crippen molar-refractivity contribution in [1.82, 2.24) is 15.1 Å². The molecule has 0 radical (unpaired) electrons. The standard InChI is InChI=1S/C26H29N3O5/c30-20-6-4-17(5-7-20)14-28-12-2-1-3-19(28)16-34-21-8-9-22-18(13-21)15-29(26(22)33)23-10-11-24(31)27-25(23)32/h4-9,13,19,23,30H,1-3,10-12,14-16H2,(H,27,31,32)/t19-,23?/m1/s1. The molecule has 2 aromatic rings. The molecule has 0 saturated carbocycles. The Hall–Kier alpha value is -3.39. The van der Waals surface area contributed by atoms with Crippen molar-refractivity contribution in [2.75, 3.05) is 13.2 Å². The molecule has 178 valence electrons. The van der Waals surface area contributed by atoms with Crippen molar-refractivity contribution in [3.8, 4) is 11.5 Å². The molecule has 2 fully saturated rings. The van der Waals surface area contributed by atoms with E-state index in [1.54, 1.807) is 23.1 Å². The second-order valence-corrected chi connectivity index (χ2v) is 9.32. The number of phenols is 1. The van der Waals surface area contributed by atoms with Gasteiger partial charge in [0.1, 0.15) is 24.1 Å². The minimum atomic E-state index is -0.613. The number of nitrogens with zero attached hydrogens (tertiary/aromatic N) is 2. The van der Waals surface area contributed by atoms with E-state index in [-0.39, 0.29) is 30.0 Å². The lowest BCUT2D eigenvalue weighted by Crippen LogP contribution is -2.52. The second kappa shape index (κ2) is 9.46. The first-order chi connectivity index (χ1) is 16.5. The number of nitrogens with one attached hydrogen (secondary N) is 1. The van der Waals surface area contributed by atoms with Gasteiger partial charge in [-0.3, -0.25) is 24.6 Å². The van der Waals surface area contributed by atoms with Crippen LogP contribution in [-0.2, 0) is 22.7 Å². The van der Waals surface area contributed by atoms with Crippen molar-refractivity contribution in [3.63, 3.8) is 0 Å². The summed E-state index contributed by atoms with van der Waals surface area (Å²) in [4.78, 5) is 40.6. The van der Waals surface area contributed by atoms with Crippen LogP contribution >= 0.6 is 0 Å². The maximum atomic E-state index is 12.9. The Kier molecular flexibility index (Phi) is 6.24. The predicted molar refractivity (Wildman–Crippen MR) is 124 cm³/mol. The third-order valence-electron chi connectivity index (χ3n) is 7.01. The summed E-state index contributed by atoms with van der Waals surface area (Å²) in [5, 5.41) is 11.9. The van der Waals surface area contributed by atoms with Crippen molar-refractivity contribution in [2.45, 2.75) is 57.3 Å². The molecule has 2 aromatic carbocycles. The molecular formula is C26H29N3O5. The highest BCUT2D eigenvalue weighted by Crippen LogP contribution is 2.30. The lowest BCUT2D eigenvalue weighted by molar-refractivity contribution is -0.136. The summed E-state index contributed by atoms with van der Waals surface area (Å²) in [6.07, 6.45) is 3.98. The maximum absolute atomic E-state index is 12.9. The lowest BCUT2D eigenvalue weighted by atomic mass is 10.0. The van der Waals surface area contributed by atoms with Gasteiger partial charge in [0, 0.05) is 31.1 Å². The van der Waals surface area contributed by atoms with Gasteiger partial charge in [-0.25, -0.2) is 0 Å². The van der Waals surface area contributed by atoms with Gasteiger partial charge in [0.25, 0.3) is 5.91 Å². The van der Waals surface area contributed by atoms with Crippen molar-refractivity contribution < 1.29 is 24.2 Å². The molecule has 2 N–H and O–H groups in total. The molecule has 0 spiro atoms. The molecule has 3 aliphatic heterocycles. The van der Waals surface area contributed by atoms with E-state index < -0.39 is 11.9 Å². The number of rotatable bonds is 6. The smallest absolute Gasteiger partial charge is 0.255 e. The average Bonchev–Trinajstić information content (AvgIpc) is 3.15. The lowest BCUT2D eigenvalue weighted by Gasteiger charge is -2.35. The quantitative estimate of drug-likeness (QED) is 0.639. The Balaban J connectivity index is 1.22. The van der Waals surface area contributed by atoms with Gasteiger partial charge in [0.05, 0.1) is 0 Å². The molecule has 0 aliphatic carbocycles. The van der Waals surface area contributed by atoms with Crippen molar-refractivity contribution in [2.24, 2.45) is 0 Å². The molecule has 3 amide bonds. The minimum Gasteiger partial charge on any atom is -0.508 e. The van der Waals surface area contributed by atoms with Crippen molar-refractivity contribution in [3.05, 3.63) is 59.2 Å². The first kappa shape index (κ1) is 22.4. The third-order valence-corrected chi connectivity index (χ3v) is 7.01. The third kappa shape index (κ3) is 4.63. The zero-order valence-corrected chi connectivity index (χ0v) is 19.0. The largest absolute Gasteiger partial charge is 0.508 e. The Morgan fingerprint density at radius 3 is 2.65 bits per heavy atom. The van der Waals surface area contributed by atoms with Crippen LogP contribution < -0.4 is 10.1 Å². The van der Waals surface area contributed by atoms with Gasteiger partial charge in [-0.2, -0.15) is 0 Å². The van der Waals surface area contributed by atoms with Gasteiger partial charge in [0.15, 0.2) is 0 Å². The Labute approximate surface area is 198 Å².